The summed E-state index contributed by atoms with van der Waals surface area (Å²) in [6, 6.07) is 4.22. The summed E-state index contributed by atoms with van der Waals surface area (Å²) in [6.45, 7) is 8.62. The van der Waals surface area contributed by atoms with Crippen molar-refractivity contribution < 1.29 is 4.79 Å². The van der Waals surface area contributed by atoms with Crippen LogP contribution in [0.3, 0.4) is 0 Å². The Morgan fingerprint density at radius 1 is 1.53 bits per heavy atom. The predicted molar refractivity (Wildman–Crippen MR) is 73.3 cm³/mol. The number of hydrogen-bond acceptors (Lipinski definition) is 3. The molecule has 17 heavy (non-hydrogen) atoms. The van der Waals surface area contributed by atoms with E-state index in [2.05, 4.69) is 39.1 Å². The molecule has 1 unspecified atom stereocenters. The van der Waals surface area contributed by atoms with Gasteiger partial charge in [0.1, 0.15) is 0 Å². The normalized spacial score (nSPS) is 13.5. The van der Waals surface area contributed by atoms with Crippen LogP contribution in [0.15, 0.2) is 17.5 Å². The summed E-state index contributed by atoms with van der Waals surface area (Å²) in [5.74, 6) is 0.126. The third kappa shape index (κ3) is 4.48. The van der Waals surface area contributed by atoms with Crippen molar-refractivity contribution in [1.82, 2.24) is 10.2 Å². The van der Waals surface area contributed by atoms with E-state index in [0.29, 0.717) is 6.54 Å². The van der Waals surface area contributed by atoms with E-state index in [-0.39, 0.29) is 17.5 Å². The zero-order valence-electron chi connectivity index (χ0n) is 11.3. The van der Waals surface area contributed by atoms with Crippen molar-refractivity contribution in [1.29, 1.82) is 0 Å². The van der Waals surface area contributed by atoms with Crippen LogP contribution in [-0.4, -0.2) is 29.9 Å². The molecule has 1 rings (SSSR count). The van der Waals surface area contributed by atoms with Gasteiger partial charge in [0.2, 0.25) is 5.91 Å². The molecule has 0 saturated carbocycles. The lowest BCUT2D eigenvalue weighted by atomic mass is 10.1. The quantitative estimate of drug-likeness (QED) is 0.896. The van der Waals surface area contributed by atoms with Gasteiger partial charge in [-0.1, -0.05) is 6.07 Å². The molecular weight excluding hydrogens is 232 g/mol. The third-order valence-corrected chi connectivity index (χ3v) is 3.74. The summed E-state index contributed by atoms with van der Waals surface area (Å²) in [5, 5.41) is 5.25. The fraction of sp³-hybridized carbons (Fsp3) is 0.615. The Hall–Kier alpha value is -0.870. The molecule has 3 nitrogen and oxygen atoms in total. The van der Waals surface area contributed by atoms with E-state index in [1.807, 2.05) is 18.5 Å². The van der Waals surface area contributed by atoms with Gasteiger partial charge in [0.25, 0.3) is 0 Å². The molecule has 0 aliphatic heterocycles. The highest BCUT2D eigenvalue weighted by Gasteiger charge is 2.19. The summed E-state index contributed by atoms with van der Waals surface area (Å²) in [5.41, 5.74) is -0.0251. The van der Waals surface area contributed by atoms with Gasteiger partial charge in [-0.15, -0.1) is 11.3 Å². The van der Waals surface area contributed by atoms with Crippen molar-refractivity contribution in [2.75, 3.05) is 13.6 Å². The number of thiophene rings is 1. The first-order chi connectivity index (χ1) is 7.81. The summed E-state index contributed by atoms with van der Waals surface area (Å²) < 4.78 is 0. The van der Waals surface area contributed by atoms with Crippen LogP contribution < -0.4 is 5.32 Å². The minimum absolute atomic E-state index is 0.0251. The SMILES string of the molecule is CC(c1cccs1)N(C)C(=O)CNC(C)(C)C. The predicted octanol–water partition coefficient (Wildman–Crippen LogP) is 2.66. The minimum Gasteiger partial charge on any atom is -0.337 e. The van der Waals surface area contributed by atoms with Crippen LogP contribution in [-0.2, 0) is 4.79 Å². The van der Waals surface area contributed by atoms with E-state index in [9.17, 15) is 4.79 Å². The molecule has 0 aliphatic carbocycles. The highest BCUT2D eigenvalue weighted by Crippen LogP contribution is 2.23. The molecule has 0 bridgehead atoms. The molecule has 4 heteroatoms. The lowest BCUT2D eigenvalue weighted by molar-refractivity contribution is -0.131. The minimum atomic E-state index is -0.0251. The monoisotopic (exact) mass is 254 g/mol. The lowest BCUT2D eigenvalue weighted by Crippen LogP contribution is -2.44. The molecule has 1 atom stereocenters. The van der Waals surface area contributed by atoms with Gasteiger partial charge in [0, 0.05) is 17.5 Å². The van der Waals surface area contributed by atoms with Gasteiger partial charge in [-0.2, -0.15) is 0 Å². The maximum absolute atomic E-state index is 12.0. The van der Waals surface area contributed by atoms with Crippen molar-refractivity contribution in [3.05, 3.63) is 22.4 Å². The maximum atomic E-state index is 12.0. The Labute approximate surface area is 108 Å². The number of nitrogens with zero attached hydrogens (tertiary/aromatic N) is 1. The Bertz CT molecular complexity index is 354. The molecule has 1 amide bonds. The van der Waals surface area contributed by atoms with Crippen LogP contribution >= 0.6 is 11.3 Å². The van der Waals surface area contributed by atoms with Gasteiger partial charge >= 0.3 is 0 Å². The third-order valence-electron chi connectivity index (χ3n) is 2.70. The van der Waals surface area contributed by atoms with Crippen LogP contribution in [0.4, 0.5) is 0 Å². The molecule has 1 heterocycles. The molecule has 0 saturated heterocycles. The molecule has 0 aliphatic rings. The average molecular weight is 254 g/mol. The summed E-state index contributed by atoms with van der Waals surface area (Å²) in [4.78, 5) is 15.0. The molecular formula is C13H22N2OS. The van der Waals surface area contributed by atoms with Crippen molar-refractivity contribution in [2.45, 2.75) is 39.3 Å². The zero-order valence-corrected chi connectivity index (χ0v) is 12.1. The number of carbonyl (C=O) groups is 1. The molecule has 96 valence electrons. The lowest BCUT2D eigenvalue weighted by Gasteiger charge is -2.27. The van der Waals surface area contributed by atoms with Gasteiger partial charge in [-0.25, -0.2) is 0 Å². The van der Waals surface area contributed by atoms with Crippen LogP contribution in [0, 0.1) is 0 Å². The molecule has 0 spiro atoms. The fourth-order valence-electron chi connectivity index (χ4n) is 1.40. The second-order valence-corrected chi connectivity index (χ2v) is 6.28. The Balaban J connectivity index is 2.52. The highest BCUT2D eigenvalue weighted by atomic mass is 32.1. The van der Waals surface area contributed by atoms with Crippen molar-refractivity contribution >= 4 is 17.2 Å². The molecule has 1 N–H and O–H groups in total. The van der Waals surface area contributed by atoms with E-state index in [1.54, 1.807) is 16.2 Å². The number of amides is 1. The Morgan fingerprint density at radius 3 is 2.65 bits per heavy atom. The maximum Gasteiger partial charge on any atom is 0.236 e. The van der Waals surface area contributed by atoms with E-state index in [4.69, 9.17) is 0 Å². The van der Waals surface area contributed by atoms with Crippen molar-refractivity contribution in [2.24, 2.45) is 0 Å². The van der Waals surface area contributed by atoms with Crippen LogP contribution in [0.2, 0.25) is 0 Å². The van der Waals surface area contributed by atoms with Crippen molar-refractivity contribution in [3.8, 4) is 0 Å². The van der Waals surface area contributed by atoms with Gasteiger partial charge < -0.3 is 10.2 Å². The van der Waals surface area contributed by atoms with Crippen LogP contribution in [0.1, 0.15) is 38.6 Å². The standard InChI is InChI=1S/C13H22N2OS/c1-10(11-7-6-8-17-11)15(5)12(16)9-14-13(2,3)4/h6-8,10,14H,9H2,1-5H3. The van der Waals surface area contributed by atoms with E-state index in [1.165, 1.54) is 4.88 Å². The molecule has 1 aromatic heterocycles. The largest absolute Gasteiger partial charge is 0.337 e. The topological polar surface area (TPSA) is 32.3 Å². The van der Waals surface area contributed by atoms with Gasteiger partial charge in [0.15, 0.2) is 0 Å². The number of likely N-dealkylation sites (N-methyl/N-ethyl adjacent to an activating group) is 1. The summed E-state index contributed by atoms with van der Waals surface area (Å²) in [7, 11) is 1.86. The Morgan fingerprint density at radius 2 is 2.18 bits per heavy atom. The summed E-state index contributed by atoms with van der Waals surface area (Å²) >= 11 is 1.69. The number of carbonyl (C=O) groups excluding carboxylic acids is 1. The second kappa shape index (κ2) is 5.65. The molecule has 1 aromatic rings. The molecule has 0 aromatic carbocycles. The van der Waals surface area contributed by atoms with E-state index < -0.39 is 0 Å². The smallest absolute Gasteiger partial charge is 0.236 e. The second-order valence-electron chi connectivity index (χ2n) is 5.30. The van der Waals surface area contributed by atoms with Crippen LogP contribution in [0.5, 0.6) is 0 Å². The number of rotatable bonds is 4. The molecule has 0 fully saturated rings. The first kappa shape index (κ1) is 14.2. The first-order valence-electron chi connectivity index (χ1n) is 5.85. The van der Waals surface area contributed by atoms with Crippen LogP contribution in [0.25, 0.3) is 0 Å². The van der Waals surface area contributed by atoms with Gasteiger partial charge in [0.05, 0.1) is 12.6 Å². The zero-order chi connectivity index (χ0) is 13.1. The van der Waals surface area contributed by atoms with Gasteiger partial charge in [-0.05, 0) is 39.1 Å². The van der Waals surface area contributed by atoms with E-state index >= 15 is 0 Å². The van der Waals surface area contributed by atoms with Gasteiger partial charge in [-0.3, -0.25) is 4.79 Å². The first-order valence-corrected chi connectivity index (χ1v) is 6.73. The summed E-state index contributed by atoms with van der Waals surface area (Å²) in [6.07, 6.45) is 0. The van der Waals surface area contributed by atoms with Crippen molar-refractivity contribution in [3.63, 3.8) is 0 Å². The number of nitrogens with one attached hydrogen (secondary N) is 1. The highest BCUT2D eigenvalue weighted by molar-refractivity contribution is 7.10. The molecule has 0 radical (unpaired) electrons. The average Bonchev–Trinajstić information content (AvgIpc) is 2.76. The fourth-order valence-corrected chi connectivity index (χ4v) is 2.23. The number of hydrogen-bond donors (Lipinski definition) is 1. The Kier molecular flexibility index (Phi) is 4.71. The van der Waals surface area contributed by atoms with E-state index in [0.717, 1.165) is 0 Å².